The van der Waals surface area contributed by atoms with Gasteiger partial charge in [0.1, 0.15) is 12.4 Å². The number of esters is 1. The summed E-state index contributed by atoms with van der Waals surface area (Å²) in [6.07, 6.45) is 0. The van der Waals surface area contributed by atoms with Gasteiger partial charge >= 0.3 is 5.97 Å². The molecule has 0 saturated carbocycles. The molecular weight excluding hydrogens is 466 g/mol. The summed E-state index contributed by atoms with van der Waals surface area (Å²) in [5, 5.41) is 5.07. The number of fused-ring (bicyclic) bond motifs is 1. The summed E-state index contributed by atoms with van der Waals surface area (Å²) in [7, 11) is 0. The fraction of sp³-hybridized carbons (Fsp3) is 0.130. The number of amides is 1. The van der Waals surface area contributed by atoms with Crippen molar-refractivity contribution in [3.05, 3.63) is 92.3 Å². The van der Waals surface area contributed by atoms with Gasteiger partial charge in [0.25, 0.3) is 11.5 Å². The number of thiazole rings is 1. The number of halogens is 1. The van der Waals surface area contributed by atoms with E-state index in [1.54, 1.807) is 42.5 Å². The number of anilines is 1. The molecule has 0 aliphatic heterocycles. The lowest BCUT2D eigenvalue weighted by Crippen LogP contribution is -2.20. The van der Waals surface area contributed by atoms with Crippen LogP contribution in [0.3, 0.4) is 0 Å². The number of ether oxygens (including phenoxy) is 2. The van der Waals surface area contributed by atoms with Crippen molar-refractivity contribution in [1.82, 2.24) is 9.38 Å². The van der Waals surface area contributed by atoms with Crippen molar-refractivity contribution in [2.75, 3.05) is 11.9 Å². The zero-order valence-corrected chi connectivity index (χ0v) is 19.0. The first kappa shape index (κ1) is 22.5. The van der Waals surface area contributed by atoms with E-state index in [0.717, 1.165) is 5.69 Å². The first-order valence-electron chi connectivity index (χ1n) is 9.81. The van der Waals surface area contributed by atoms with E-state index in [1.807, 2.05) is 12.3 Å². The lowest BCUT2D eigenvalue weighted by Gasteiger charge is -2.09. The maximum absolute atomic E-state index is 12.5. The average molecular weight is 484 g/mol. The van der Waals surface area contributed by atoms with Crippen molar-refractivity contribution >= 4 is 45.5 Å². The molecule has 0 fully saturated rings. The number of aryl methyl sites for hydroxylation is 1. The molecular formula is C23H18ClN3O5S. The second kappa shape index (κ2) is 9.85. The molecule has 0 saturated heterocycles. The molecule has 4 aromatic rings. The Labute approximate surface area is 197 Å². The lowest BCUT2D eigenvalue weighted by molar-refractivity contribution is -0.118. The molecule has 168 valence electrons. The number of hydrogen-bond acceptors (Lipinski definition) is 7. The molecule has 4 rings (SSSR count). The minimum Gasteiger partial charge on any atom is -0.484 e. The maximum Gasteiger partial charge on any atom is 0.338 e. The van der Waals surface area contributed by atoms with Gasteiger partial charge in [0, 0.05) is 27.9 Å². The number of aromatic nitrogens is 2. The van der Waals surface area contributed by atoms with Crippen LogP contribution in [0.15, 0.2) is 64.8 Å². The third-order valence-electron chi connectivity index (χ3n) is 4.55. The Kier molecular flexibility index (Phi) is 6.71. The maximum atomic E-state index is 12.5. The van der Waals surface area contributed by atoms with Crippen LogP contribution in [0.25, 0.3) is 4.96 Å². The molecule has 0 radical (unpaired) electrons. The molecule has 10 heteroatoms. The zero-order chi connectivity index (χ0) is 23.4. The first-order chi connectivity index (χ1) is 15.9. The van der Waals surface area contributed by atoms with E-state index in [-0.39, 0.29) is 30.2 Å². The Balaban J connectivity index is 1.35. The van der Waals surface area contributed by atoms with E-state index in [9.17, 15) is 14.4 Å². The van der Waals surface area contributed by atoms with Crippen molar-refractivity contribution in [3.63, 3.8) is 0 Å². The SMILES string of the molecule is Cc1csc2nc(COC(=O)c3cccc(NC(=O)COc4ccc(Cl)cc4)c3)cc(=O)n12. The lowest BCUT2D eigenvalue weighted by atomic mass is 10.2. The van der Waals surface area contributed by atoms with E-state index in [4.69, 9.17) is 21.1 Å². The van der Waals surface area contributed by atoms with Gasteiger partial charge in [-0.2, -0.15) is 0 Å². The second-order valence-corrected chi connectivity index (χ2v) is 8.30. The Bertz CT molecular complexity index is 1380. The Morgan fingerprint density at radius 2 is 1.94 bits per heavy atom. The van der Waals surface area contributed by atoms with Crippen LogP contribution in [0.4, 0.5) is 5.69 Å². The quantitative estimate of drug-likeness (QED) is 0.397. The molecule has 0 unspecified atom stereocenters. The van der Waals surface area contributed by atoms with E-state index in [2.05, 4.69) is 10.3 Å². The molecule has 0 bridgehead atoms. The molecule has 0 aliphatic rings. The van der Waals surface area contributed by atoms with Crippen molar-refractivity contribution in [2.45, 2.75) is 13.5 Å². The number of nitrogens with one attached hydrogen (secondary N) is 1. The summed E-state index contributed by atoms with van der Waals surface area (Å²) < 4.78 is 12.2. The smallest absolute Gasteiger partial charge is 0.338 e. The molecule has 0 atom stereocenters. The van der Waals surface area contributed by atoms with Crippen molar-refractivity contribution in [2.24, 2.45) is 0 Å². The van der Waals surface area contributed by atoms with Crippen LogP contribution in [-0.4, -0.2) is 27.9 Å². The number of carbonyl (C=O) groups is 2. The van der Waals surface area contributed by atoms with Crippen LogP contribution >= 0.6 is 22.9 Å². The van der Waals surface area contributed by atoms with Gasteiger partial charge in [-0.3, -0.25) is 14.0 Å². The number of carbonyl (C=O) groups excluding carboxylic acids is 2. The fourth-order valence-electron chi connectivity index (χ4n) is 3.00. The average Bonchev–Trinajstić information content (AvgIpc) is 3.18. The number of hydrogen-bond donors (Lipinski definition) is 1. The summed E-state index contributed by atoms with van der Waals surface area (Å²) in [4.78, 5) is 41.8. The van der Waals surface area contributed by atoms with E-state index >= 15 is 0 Å². The standard InChI is InChI=1S/C23H18ClN3O5S/c1-14-13-33-23-26-18(10-21(29)27(14)23)11-32-22(30)15-3-2-4-17(9-15)25-20(28)12-31-19-7-5-16(24)6-8-19/h2-10,13H,11-12H2,1H3,(H,25,28). The van der Waals surface area contributed by atoms with Gasteiger partial charge in [0.05, 0.1) is 11.3 Å². The Hall–Kier alpha value is -3.69. The molecule has 2 aromatic carbocycles. The van der Waals surface area contributed by atoms with Gasteiger partial charge in [-0.15, -0.1) is 11.3 Å². The van der Waals surface area contributed by atoms with E-state index in [1.165, 1.54) is 27.9 Å². The van der Waals surface area contributed by atoms with Gasteiger partial charge in [-0.25, -0.2) is 9.78 Å². The van der Waals surface area contributed by atoms with Crippen LogP contribution in [0, 0.1) is 6.92 Å². The molecule has 0 aliphatic carbocycles. The molecule has 1 amide bonds. The molecule has 8 nitrogen and oxygen atoms in total. The van der Waals surface area contributed by atoms with Crippen LogP contribution in [0.1, 0.15) is 21.7 Å². The molecule has 1 N–H and O–H groups in total. The fourth-order valence-corrected chi connectivity index (χ4v) is 4.02. The predicted octanol–water partition coefficient (Wildman–Crippen LogP) is 4.09. The third kappa shape index (κ3) is 5.57. The Morgan fingerprint density at radius 3 is 2.73 bits per heavy atom. The highest BCUT2D eigenvalue weighted by Crippen LogP contribution is 2.17. The summed E-state index contributed by atoms with van der Waals surface area (Å²) in [6.45, 7) is 1.47. The third-order valence-corrected chi connectivity index (χ3v) is 5.74. The van der Waals surface area contributed by atoms with Crippen molar-refractivity contribution in [1.29, 1.82) is 0 Å². The number of nitrogens with zero attached hydrogens (tertiary/aromatic N) is 2. The van der Waals surface area contributed by atoms with Gasteiger partial charge < -0.3 is 14.8 Å². The summed E-state index contributed by atoms with van der Waals surface area (Å²) in [5.74, 6) is -0.483. The topological polar surface area (TPSA) is 99.0 Å². The summed E-state index contributed by atoms with van der Waals surface area (Å²) in [5.41, 5.74) is 1.60. The monoisotopic (exact) mass is 483 g/mol. The minimum atomic E-state index is -0.604. The number of benzene rings is 2. The van der Waals surface area contributed by atoms with Crippen LogP contribution in [-0.2, 0) is 16.1 Å². The summed E-state index contributed by atoms with van der Waals surface area (Å²) >= 11 is 7.16. The highest BCUT2D eigenvalue weighted by atomic mass is 35.5. The Morgan fingerprint density at radius 1 is 1.15 bits per heavy atom. The second-order valence-electron chi connectivity index (χ2n) is 7.03. The number of rotatable bonds is 7. The summed E-state index contributed by atoms with van der Waals surface area (Å²) in [6, 6.07) is 14.3. The normalized spacial score (nSPS) is 10.7. The van der Waals surface area contributed by atoms with Crippen molar-refractivity contribution < 1.29 is 19.1 Å². The van der Waals surface area contributed by atoms with Gasteiger partial charge in [-0.1, -0.05) is 17.7 Å². The van der Waals surface area contributed by atoms with Crippen LogP contribution < -0.4 is 15.6 Å². The van der Waals surface area contributed by atoms with Crippen molar-refractivity contribution in [3.8, 4) is 5.75 Å². The molecule has 33 heavy (non-hydrogen) atoms. The van der Waals surface area contributed by atoms with Gasteiger partial charge in [0.2, 0.25) is 0 Å². The van der Waals surface area contributed by atoms with Crippen LogP contribution in [0.5, 0.6) is 5.75 Å². The van der Waals surface area contributed by atoms with E-state index < -0.39 is 5.97 Å². The minimum absolute atomic E-state index is 0.146. The van der Waals surface area contributed by atoms with Gasteiger partial charge in [0.15, 0.2) is 11.6 Å². The highest BCUT2D eigenvalue weighted by molar-refractivity contribution is 7.15. The predicted molar refractivity (Wildman–Crippen MR) is 125 cm³/mol. The van der Waals surface area contributed by atoms with E-state index in [0.29, 0.717) is 27.1 Å². The molecule has 2 heterocycles. The largest absolute Gasteiger partial charge is 0.484 e. The van der Waals surface area contributed by atoms with Gasteiger partial charge in [-0.05, 0) is 49.4 Å². The zero-order valence-electron chi connectivity index (χ0n) is 17.4. The molecule has 0 spiro atoms. The first-order valence-corrected chi connectivity index (χ1v) is 11.1. The molecule has 2 aromatic heterocycles. The van der Waals surface area contributed by atoms with Crippen LogP contribution in [0.2, 0.25) is 5.02 Å². The highest BCUT2D eigenvalue weighted by Gasteiger charge is 2.12.